The van der Waals surface area contributed by atoms with E-state index in [9.17, 15) is 23.4 Å². The minimum Gasteiger partial charge on any atom is -0.508 e. The lowest BCUT2D eigenvalue weighted by Gasteiger charge is -2.38. The average molecular weight is 461 g/mol. The molecule has 0 aliphatic carbocycles. The molecule has 0 saturated heterocycles. The van der Waals surface area contributed by atoms with Crippen LogP contribution in [-0.4, -0.2) is 32.0 Å². The Balaban J connectivity index is 1.69. The number of hydrogen-bond acceptors (Lipinski definition) is 4. The van der Waals surface area contributed by atoms with Crippen LogP contribution in [0.4, 0.5) is 13.2 Å². The molecule has 1 aromatic carbocycles. The van der Waals surface area contributed by atoms with Crippen molar-refractivity contribution >= 4 is 22.2 Å². The monoisotopic (exact) mass is 460 g/mol. The van der Waals surface area contributed by atoms with E-state index in [4.69, 9.17) is 0 Å². The molecule has 0 amide bonds. The van der Waals surface area contributed by atoms with Gasteiger partial charge in [0.1, 0.15) is 5.75 Å². The summed E-state index contributed by atoms with van der Waals surface area (Å²) in [6.45, 7) is 3.20. The molecule has 8 heteroatoms. The number of phenols is 1. The number of nitrogens with one attached hydrogen (secondary N) is 1. The van der Waals surface area contributed by atoms with Crippen molar-refractivity contribution in [3.63, 3.8) is 0 Å². The number of hydrogen-bond donors (Lipinski definition) is 3. The molecule has 4 nitrogen and oxygen atoms in total. The third-order valence-electron chi connectivity index (χ3n) is 5.80. The van der Waals surface area contributed by atoms with Gasteiger partial charge in [-0.3, -0.25) is 4.98 Å². The lowest BCUT2D eigenvalue weighted by Crippen LogP contribution is -2.50. The summed E-state index contributed by atoms with van der Waals surface area (Å²) >= 11 is 1.51. The van der Waals surface area contributed by atoms with Gasteiger partial charge in [-0.25, -0.2) is 0 Å². The quantitative estimate of drug-likeness (QED) is 0.321. The number of rotatable bonds is 6. The molecular weight excluding hydrogens is 437 g/mol. The third-order valence-corrected chi connectivity index (χ3v) is 6.49. The van der Waals surface area contributed by atoms with Gasteiger partial charge in [-0.15, -0.1) is 0 Å². The van der Waals surface area contributed by atoms with Gasteiger partial charge in [-0.05, 0) is 64.1 Å². The smallest absolute Gasteiger partial charge is 0.417 e. The summed E-state index contributed by atoms with van der Waals surface area (Å²) in [7, 11) is 0. The highest BCUT2D eigenvalue weighted by molar-refractivity contribution is 7.08. The van der Waals surface area contributed by atoms with Gasteiger partial charge in [0.25, 0.3) is 0 Å². The van der Waals surface area contributed by atoms with Crippen molar-refractivity contribution in [2.45, 2.75) is 43.9 Å². The van der Waals surface area contributed by atoms with Crippen molar-refractivity contribution < 1.29 is 23.4 Å². The van der Waals surface area contributed by atoms with Crippen LogP contribution in [0.3, 0.4) is 0 Å². The fourth-order valence-corrected chi connectivity index (χ4v) is 4.88. The molecule has 32 heavy (non-hydrogen) atoms. The highest BCUT2D eigenvalue weighted by Crippen LogP contribution is 2.45. The number of nitrogens with zero attached hydrogens (tertiary/aromatic N) is 1. The number of aliphatic hydroxyl groups is 1. The van der Waals surface area contributed by atoms with Crippen LogP contribution in [0.1, 0.15) is 31.5 Å². The first kappa shape index (κ1) is 22.4. The first-order valence-corrected chi connectivity index (χ1v) is 11.0. The maximum Gasteiger partial charge on any atom is 0.417 e. The first-order chi connectivity index (χ1) is 15.0. The van der Waals surface area contributed by atoms with E-state index < -0.39 is 30.0 Å². The van der Waals surface area contributed by atoms with E-state index in [1.165, 1.54) is 23.6 Å². The molecule has 4 rings (SSSR count). The van der Waals surface area contributed by atoms with Crippen molar-refractivity contribution in [1.29, 1.82) is 0 Å². The van der Waals surface area contributed by atoms with Crippen LogP contribution in [0.5, 0.6) is 5.75 Å². The number of thiophene rings is 1. The molecule has 3 aromatic heterocycles. The first-order valence-electron chi connectivity index (χ1n) is 10.1. The van der Waals surface area contributed by atoms with Crippen LogP contribution < -0.4 is 0 Å². The Morgan fingerprint density at radius 1 is 1.06 bits per heavy atom. The Morgan fingerprint density at radius 2 is 1.84 bits per heavy atom. The highest BCUT2D eigenvalue weighted by atomic mass is 32.1. The lowest BCUT2D eigenvalue weighted by molar-refractivity contribution is -0.266. The number of aromatic nitrogens is 2. The predicted octanol–water partition coefficient (Wildman–Crippen LogP) is 6.20. The van der Waals surface area contributed by atoms with Crippen LogP contribution in [0.2, 0.25) is 0 Å². The van der Waals surface area contributed by atoms with Crippen molar-refractivity contribution in [3.8, 4) is 16.9 Å². The van der Waals surface area contributed by atoms with E-state index in [2.05, 4.69) is 9.97 Å². The van der Waals surface area contributed by atoms with Crippen LogP contribution in [-0.2, 0) is 11.8 Å². The molecule has 3 N–H and O–H groups in total. The standard InChI is InChI=1S/C24H23F3N2O2S/c1-22(2,19-10-15(3-4-21(19)30)17-6-8-32-13-17)14-23(31,24(25,26)27)11-18-9-16-5-7-28-12-20(16)29-18/h3-10,12-13,29-31H,11,14H2,1-2H3. The summed E-state index contributed by atoms with van der Waals surface area (Å²) in [6.07, 6.45) is -3.05. The second-order valence-electron chi connectivity index (χ2n) is 8.77. The fourth-order valence-electron chi connectivity index (χ4n) is 4.22. The second kappa shape index (κ2) is 7.94. The maximum absolute atomic E-state index is 14.2. The molecule has 168 valence electrons. The topological polar surface area (TPSA) is 69.1 Å². The number of alkyl halides is 3. The number of fused-ring (bicyclic) bond motifs is 1. The molecule has 0 fully saturated rings. The number of H-pyrrole nitrogens is 1. The average Bonchev–Trinajstić information content (AvgIpc) is 3.36. The molecule has 0 aliphatic rings. The van der Waals surface area contributed by atoms with Crippen LogP contribution in [0.15, 0.2) is 59.6 Å². The maximum atomic E-state index is 14.2. The Bertz CT molecular complexity index is 1200. The Kier molecular flexibility index (Phi) is 5.55. The largest absolute Gasteiger partial charge is 0.508 e. The van der Waals surface area contributed by atoms with Crippen LogP contribution in [0, 0.1) is 0 Å². The summed E-state index contributed by atoms with van der Waals surface area (Å²) in [5.41, 5.74) is -1.24. The van der Waals surface area contributed by atoms with Gasteiger partial charge in [0.05, 0.1) is 11.7 Å². The number of aromatic hydroxyl groups is 1. The van der Waals surface area contributed by atoms with E-state index in [0.717, 1.165) is 16.5 Å². The van der Waals surface area contributed by atoms with Gasteiger partial charge >= 0.3 is 6.18 Å². The van der Waals surface area contributed by atoms with Crippen LogP contribution in [0.25, 0.3) is 22.0 Å². The molecule has 3 heterocycles. The summed E-state index contributed by atoms with van der Waals surface area (Å²) in [6, 6.07) is 10.1. The zero-order chi connectivity index (χ0) is 23.1. The number of pyridine rings is 1. The molecule has 0 radical (unpaired) electrons. The van der Waals surface area contributed by atoms with Crippen molar-refractivity contribution in [2.24, 2.45) is 0 Å². The van der Waals surface area contributed by atoms with E-state index in [1.807, 2.05) is 16.8 Å². The minimum atomic E-state index is -4.87. The molecule has 4 aromatic rings. The number of aromatic amines is 1. The van der Waals surface area contributed by atoms with Crippen molar-refractivity contribution in [3.05, 3.63) is 70.8 Å². The lowest BCUT2D eigenvalue weighted by atomic mass is 9.72. The van der Waals surface area contributed by atoms with Gasteiger partial charge in [-0.2, -0.15) is 24.5 Å². The predicted molar refractivity (Wildman–Crippen MR) is 120 cm³/mol. The molecule has 0 saturated carbocycles. The third kappa shape index (κ3) is 4.25. The van der Waals surface area contributed by atoms with Gasteiger partial charge in [0, 0.05) is 29.3 Å². The zero-order valence-electron chi connectivity index (χ0n) is 17.6. The Hall–Kier alpha value is -2.84. The van der Waals surface area contributed by atoms with E-state index >= 15 is 0 Å². The van der Waals surface area contributed by atoms with Crippen molar-refractivity contribution in [1.82, 2.24) is 9.97 Å². The summed E-state index contributed by atoms with van der Waals surface area (Å²) in [4.78, 5) is 6.88. The van der Waals surface area contributed by atoms with Crippen LogP contribution >= 0.6 is 11.3 Å². The summed E-state index contributed by atoms with van der Waals surface area (Å²) in [5.74, 6) is -0.102. The van der Waals surface area contributed by atoms with E-state index in [0.29, 0.717) is 11.1 Å². The SMILES string of the molecule is CC(C)(CC(O)(Cc1cc2ccncc2[nH]1)C(F)(F)F)c1cc(-c2ccsc2)ccc1O. The molecule has 0 spiro atoms. The van der Waals surface area contributed by atoms with E-state index in [1.54, 1.807) is 44.3 Å². The zero-order valence-corrected chi connectivity index (χ0v) is 18.4. The number of benzene rings is 1. The van der Waals surface area contributed by atoms with Gasteiger partial charge < -0.3 is 15.2 Å². The molecule has 1 atom stereocenters. The highest BCUT2D eigenvalue weighted by Gasteiger charge is 2.56. The number of halogens is 3. The Morgan fingerprint density at radius 3 is 2.50 bits per heavy atom. The fraction of sp³-hybridized carbons (Fsp3) is 0.292. The Labute approximate surface area is 187 Å². The van der Waals surface area contributed by atoms with Crippen molar-refractivity contribution in [2.75, 3.05) is 0 Å². The normalized spacial score (nSPS) is 14.6. The summed E-state index contributed by atoms with van der Waals surface area (Å²) in [5, 5.41) is 26.0. The summed E-state index contributed by atoms with van der Waals surface area (Å²) < 4.78 is 42.5. The van der Waals surface area contributed by atoms with E-state index in [-0.39, 0.29) is 11.4 Å². The molecule has 1 unspecified atom stereocenters. The van der Waals surface area contributed by atoms with Gasteiger partial charge in [-0.1, -0.05) is 19.9 Å². The molecular formula is C24H23F3N2O2S. The molecule has 0 aliphatic heterocycles. The number of phenolic OH excluding ortho intramolecular Hbond substituents is 1. The molecule has 0 bridgehead atoms. The minimum absolute atomic E-state index is 0.102. The second-order valence-corrected chi connectivity index (χ2v) is 9.55. The van der Waals surface area contributed by atoms with Gasteiger partial charge in [0.2, 0.25) is 0 Å². The van der Waals surface area contributed by atoms with Gasteiger partial charge in [0.15, 0.2) is 5.60 Å².